The van der Waals surface area contributed by atoms with E-state index in [1.165, 1.54) is 11.0 Å². The molecule has 0 radical (unpaired) electrons. The van der Waals surface area contributed by atoms with Gasteiger partial charge in [0.15, 0.2) is 6.61 Å². The number of nitrogens with zero attached hydrogens (tertiary/aromatic N) is 4. The molecule has 0 atom stereocenters. The third kappa shape index (κ3) is 3.80. The summed E-state index contributed by atoms with van der Waals surface area (Å²) >= 11 is 0. The predicted molar refractivity (Wildman–Crippen MR) is 82.8 cm³/mol. The quantitative estimate of drug-likeness (QED) is 0.546. The maximum atomic E-state index is 12.0. The maximum Gasteiger partial charge on any atom is 0.339 e. The smallest absolute Gasteiger partial charge is 0.339 e. The molecule has 0 N–H and O–H groups in total. The first-order chi connectivity index (χ1) is 11.3. The van der Waals surface area contributed by atoms with Crippen LogP contribution < -0.4 is 0 Å². The zero-order valence-electron chi connectivity index (χ0n) is 12.1. The van der Waals surface area contributed by atoms with Crippen molar-refractivity contribution in [2.24, 2.45) is 0 Å². The highest BCUT2D eigenvalue weighted by molar-refractivity contribution is 5.90. The molecule has 6 heteroatoms. The van der Waals surface area contributed by atoms with Gasteiger partial charge in [0, 0.05) is 5.56 Å². The van der Waals surface area contributed by atoms with Crippen molar-refractivity contribution in [2.45, 2.75) is 0 Å². The average Bonchev–Trinajstić information content (AvgIpc) is 3.14. The van der Waals surface area contributed by atoms with Crippen molar-refractivity contribution in [3.63, 3.8) is 0 Å². The van der Waals surface area contributed by atoms with Crippen molar-refractivity contribution in [1.29, 1.82) is 0 Å². The minimum atomic E-state index is -0.442. The number of ether oxygens (including phenoxy) is 1. The van der Waals surface area contributed by atoms with Crippen molar-refractivity contribution >= 4 is 5.97 Å². The van der Waals surface area contributed by atoms with E-state index >= 15 is 0 Å². The Hall–Kier alpha value is -3.46. The molecule has 3 rings (SSSR count). The summed E-state index contributed by atoms with van der Waals surface area (Å²) in [5, 5.41) is 10.9. The van der Waals surface area contributed by atoms with Gasteiger partial charge in [0.1, 0.15) is 6.33 Å². The number of esters is 1. The Bertz CT molecular complexity index is 849. The molecule has 0 amide bonds. The molecule has 1 aromatic heterocycles. The van der Waals surface area contributed by atoms with E-state index in [4.69, 9.17) is 4.74 Å². The normalized spacial score (nSPS) is 9.74. The molecule has 0 saturated carbocycles. The fraction of sp³-hybridized carbons (Fsp3) is 0.0588. The highest BCUT2D eigenvalue weighted by Crippen LogP contribution is 2.09. The topological polar surface area (TPSA) is 69.9 Å². The predicted octanol–water partition coefficient (Wildman–Crippen LogP) is 1.87. The fourth-order valence-electron chi connectivity index (χ4n) is 1.90. The molecule has 0 aliphatic heterocycles. The minimum Gasteiger partial charge on any atom is -0.449 e. The molecule has 0 fully saturated rings. The molecule has 0 spiro atoms. The summed E-state index contributed by atoms with van der Waals surface area (Å²) < 4.78 is 6.61. The van der Waals surface area contributed by atoms with Gasteiger partial charge in [0.25, 0.3) is 0 Å². The fourth-order valence-corrected chi connectivity index (χ4v) is 1.90. The first-order valence-electron chi connectivity index (χ1n) is 6.87. The van der Waals surface area contributed by atoms with E-state index in [2.05, 4.69) is 27.4 Å². The molecule has 2 aromatic carbocycles. The molecular weight excluding hydrogens is 292 g/mol. The molecule has 0 bridgehead atoms. The molecule has 6 nitrogen and oxygen atoms in total. The van der Waals surface area contributed by atoms with Crippen molar-refractivity contribution in [1.82, 2.24) is 20.2 Å². The van der Waals surface area contributed by atoms with E-state index in [9.17, 15) is 4.79 Å². The van der Waals surface area contributed by atoms with E-state index < -0.39 is 5.97 Å². The molecule has 3 aromatic rings. The van der Waals surface area contributed by atoms with Gasteiger partial charge >= 0.3 is 5.97 Å². The number of benzene rings is 2. The Morgan fingerprint density at radius 1 is 1.13 bits per heavy atom. The van der Waals surface area contributed by atoms with Crippen molar-refractivity contribution in [2.75, 3.05) is 6.61 Å². The van der Waals surface area contributed by atoms with E-state index in [0.29, 0.717) is 11.3 Å². The molecule has 1 heterocycles. The lowest BCUT2D eigenvalue weighted by Gasteiger charge is -2.03. The Morgan fingerprint density at radius 2 is 2.00 bits per heavy atom. The Labute approximate surface area is 132 Å². The molecular formula is C17H12N4O2. The van der Waals surface area contributed by atoms with Crippen LogP contribution in [0.15, 0.2) is 60.9 Å². The number of aromatic nitrogens is 4. The van der Waals surface area contributed by atoms with Gasteiger partial charge < -0.3 is 4.74 Å². The number of tetrazole rings is 1. The summed E-state index contributed by atoms with van der Waals surface area (Å²) in [6.45, 7) is 0.0306. The van der Waals surface area contributed by atoms with Crippen LogP contribution in [-0.2, 0) is 4.74 Å². The van der Waals surface area contributed by atoms with Crippen molar-refractivity contribution in [3.05, 3.63) is 72.1 Å². The number of carbonyl (C=O) groups excluding carboxylic acids is 1. The summed E-state index contributed by atoms with van der Waals surface area (Å²) in [7, 11) is 0. The number of carbonyl (C=O) groups is 1. The minimum absolute atomic E-state index is 0.0306. The largest absolute Gasteiger partial charge is 0.449 e. The highest BCUT2D eigenvalue weighted by Gasteiger charge is 2.08. The van der Waals surface area contributed by atoms with Crippen LogP contribution in [0.5, 0.6) is 0 Å². The van der Waals surface area contributed by atoms with E-state index in [-0.39, 0.29) is 6.61 Å². The number of rotatable bonds is 3. The zero-order valence-corrected chi connectivity index (χ0v) is 12.1. The van der Waals surface area contributed by atoms with Crippen LogP contribution in [0, 0.1) is 11.8 Å². The summed E-state index contributed by atoms with van der Waals surface area (Å²) in [5.74, 6) is 5.30. The molecule has 0 aliphatic carbocycles. The Kier molecular flexibility index (Phi) is 4.41. The van der Waals surface area contributed by atoms with Crippen LogP contribution in [-0.4, -0.2) is 32.8 Å². The van der Waals surface area contributed by atoms with E-state index in [1.807, 2.05) is 30.3 Å². The SMILES string of the molecule is O=C(OCC#Cc1ccccc1)c1cccc(-n2cnnn2)c1. The van der Waals surface area contributed by atoms with Gasteiger partial charge in [-0.05, 0) is 40.8 Å². The third-order valence-corrected chi connectivity index (χ3v) is 2.98. The molecule has 23 heavy (non-hydrogen) atoms. The third-order valence-electron chi connectivity index (χ3n) is 2.98. The number of hydrogen-bond donors (Lipinski definition) is 0. The summed E-state index contributed by atoms with van der Waals surface area (Å²) in [5.41, 5.74) is 1.98. The van der Waals surface area contributed by atoms with Crippen molar-refractivity contribution in [3.8, 4) is 17.5 Å². The van der Waals surface area contributed by atoms with Crippen LogP contribution in [0.4, 0.5) is 0 Å². The molecule has 0 saturated heterocycles. The lowest BCUT2D eigenvalue weighted by molar-refractivity contribution is 0.0556. The van der Waals surface area contributed by atoms with Gasteiger partial charge in [0.05, 0.1) is 11.3 Å². The van der Waals surface area contributed by atoms with Gasteiger partial charge in [-0.25, -0.2) is 9.48 Å². The maximum absolute atomic E-state index is 12.0. The Morgan fingerprint density at radius 3 is 2.78 bits per heavy atom. The monoisotopic (exact) mass is 304 g/mol. The first kappa shape index (κ1) is 14.5. The summed E-state index contributed by atoms with van der Waals surface area (Å²) in [6.07, 6.45) is 1.45. The second-order valence-corrected chi connectivity index (χ2v) is 4.55. The van der Waals surface area contributed by atoms with Crippen LogP contribution in [0.1, 0.15) is 15.9 Å². The second-order valence-electron chi connectivity index (χ2n) is 4.55. The van der Waals surface area contributed by atoms with Crippen molar-refractivity contribution < 1.29 is 9.53 Å². The second kappa shape index (κ2) is 7.00. The standard InChI is InChI=1S/C17H12N4O2/c22-17(23-11-5-8-14-6-2-1-3-7-14)15-9-4-10-16(12-15)21-13-18-19-20-21/h1-4,6-7,9-10,12-13H,11H2. The van der Waals surface area contributed by atoms with E-state index in [1.54, 1.807) is 24.3 Å². The zero-order chi connectivity index (χ0) is 15.9. The molecule has 0 aliphatic rings. The van der Waals surface area contributed by atoms with Gasteiger partial charge in [-0.1, -0.05) is 36.1 Å². The summed E-state index contributed by atoms with van der Waals surface area (Å²) in [6, 6.07) is 16.4. The van der Waals surface area contributed by atoms with Crippen LogP contribution in [0.25, 0.3) is 5.69 Å². The van der Waals surface area contributed by atoms with Crippen LogP contribution in [0.2, 0.25) is 0 Å². The first-order valence-corrected chi connectivity index (χ1v) is 6.87. The van der Waals surface area contributed by atoms with E-state index in [0.717, 1.165) is 5.56 Å². The van der Waals surface area contributed by atoms with Crippen LogP contribution in [0.3, 0.4) is 0 Å². The Balaban J connectivity index is 1.63. The van der Waals surface area contributed by atoms with Gasteiger partial charge in [-0.2, -0.15) is 0 Å². The lowest BCUT2D eigenvalue weighted by atomic mass is 10.2. The highest BCUT2D eigenvalue weighted by atomic mass is 16.5. The summed E-state index contributed by atoms with van der Waals surface area (Å²) in [4.78, 5) is 12.0. The van der Waals surface area contributed by atoms with Gasteiger partial charge in [-0.15, -0.1) is 5.10 Å². The van der Waals surface area contributed by atoms with Gasteiger partial charge in [0.2, 0.25) is 0 Å². The average molecular weight is 304 g/mol. The van der Waals surface area contributed by atoms with Gasteiger partial charge in [-0.3, -0.25) is 0 Å². The lowest BCUT2D eigenvalue weighted by Crippen LogP contribution is -2.06. The molecule has 0 unspecified atom stereocenters. The van der Waals surface area contributed by atoms with Crippen LogP contribution >= 0.6 is 0 Å². The molecule has 112 valence electrons. The number of hydrogen-bond acceptors (Lipinski definition) is 5.